The molecule has 0 atom stereocenters. The maximum atomic E-state index is 12.6. The molecule has 2 rings (SSSR count). The maximum Gasteiger partial charge on any atom is 0.406 e. The van der Waals surface area contributed by atoms with E-state index in [9.17, 15) is 18.0 Å². The average Bonchev–Trinajstić information content (AvgIpc) is 2.61. The summed E-state index contributed by atoms with van der Waals surface area (Å²) in [7, 11) is 1.22. The summed E-state index contributed by atoms with van der Waals surface area (Å²) in [5, 5.41) is 0.631. The first-order valence-corrected chi connectivity index (χ1v) is 6.46. The molecular weight excluding hydrogens is 339 g/mol. The van der Waals surface area contributed by atoms with Crippen LogP contribution in [0, 0.1) is 6.92 Å². The second kappa shape index (κ2) is 5.12. The Morgan fingerprint density at radius 3 is 2.55 bits per heavy atom. The molecule has 3 nitrogen and oxygen atoms in total. The minimum absolute atomic E-state index is 0.196. The number of methoxy groups -OCH3 is 1. The molecule has 1 heterocycles. The lowest BCUT2D eigenvalue weighted by molar-refractivity contribution is -0.140. The molecule has 0 spiro atoms. The lowest BCUT2D eigenvalue weighted by Gasteiger charge is -2.12. The van der Waals surface area contributed by atoms with E-state index < -0.39 is 18.7 Å². The van der Waals surface area contributed by atoms with Gasteiger partial charge in [-0.3, -0.25) is 0 Å². The average molecular weight is 350 g/mol. The van der Waals surface area contributed by atoms with E-state index in [-0.39, 0.29) is 5.56 Å². The highest BCUT2D eigenvalue weighted by molar-refractivity contribution is 9.10. The Hall–Kier alpha value is -1.50. The Morgan fingerprint density at radius 1 is 1.35 bits per heavy atom. The van der Waals surface area contributed by atoms with Crippen molar-refractivity contribution in [2.24, 2.45) is 0 Å². The van der Waals surface area contributed by atoms with Gasteiger partial charge >= 0.3 is 12.1 Å². The number of carbonyl (C=O) groups is 1. The van der Waals surface area contributed by atoms with E-state index in [1.54, 1.807) is 19.1 Å². The quantitative estimate of drug-likeness (QED) is 0.765. The van der Waals surface area contributed by atoms with Gasteiger partial charge in [0.2, 0.25) is 0 Å². The highest BCUT2D eigenvalue weighted by atomic mass is 79.9. The number of alkyl halides is 3. The van der Waals surface area contributed by atoms with E-state index in [0.717, 1.165) is 4.57 Å². The van der Waals surface area contributed by atoms with Crippen molar-refractivity contribution < 1.29 is 22.7 Å². The molecule has 2 aromatic rings. The molecule has 0 aliphatic heterocycles. The molecule has 0 amide bonds. The third kappa shape index (κ3) is 2.82. The monoisotopic (exact) mass is 349 g/mol. The number of fused-ring (bicyclic) bond motifs is 1. The van der Waals surface area contributed by atoms with E-state index in [0.29, 0.717) is 21.1 Å². The second-order valence-corrected chi connectivity index (χ2v) is 5.22. The lowest BCUT2D eigenvalue weighted by Crippen LogP contribution is -2.18. The smallest absolute Gasteiger partial charge is 0.406 e. The lowest BCUT2D eigenvalue weighted by atomic mass is 10.1. The van der Waals surface area contributed by atoms with E-state index in [1.807, 2.05) is 0 Å². The van der Waals surface area contributed by atoms with E-state index >= 15 is 0 Å². The molecule has 7 heteroatoms. The number of aromatic nitrogens is 1. The summed E-state index contributed by atoms with van der Waals surface area (Å²) in [5.41, 5.74) is 1.02. The summed E-state index contributed by atoms with van der Waals surface area (Å²) in [6.45, 7) is 0.502. The fourth-order valence-electron chi connectivity index (χ4n) is 2.08. The number of halogens is 4. The Labute approximate surface area is 121 Å². The standard InChI is InChI=1S/C13H11BrF3NO2/c1-7-3-8-4-10(14)9(12(19)20-2)5-11(8)18(7)6-13(15,16)17/h3-5H,6H2,1-2H3. The SMILES string of the molecule is COC(=O)c1cc2c(cc1Br)cc(C)n2CC(F)(F)F. The molecule has 0 saturated heterocycles. The second-order valence-electron chi connectivity index (χ2n) is 4.37. The number of hydrogen-bond donors (Lipinski definition) is 0. The molecule has 1 aromatic carbocycles. The van der Waals surface area contributed by atoms with Crippen LogP contribution in [0.25, 0.3) is 10.9 Å². The molecule has 1 aromatic heterocycles. The van der Waals surface area contributed by atoms with Crippen LogP contribution in [0.5, 0.6) is 0 Å². The minimum atomic E-state index is -4.32. The fourth-order valence-corrected chi connectivity index (χ4v) is 2.60. The number of aryl methyl sites for hydroxylation is 1. The zero-order chi connectivity index (χ0) is 15.1. The van der Waals surface area contributed by atoms with Gasteiger partial charge in [0.05, 0.1) is 12.7 Å². The number of nitrogens with zero attached hydrogens (tertiary/aromatic N) is 1. The third-order valence-electron chi connectivity index (χ3n) is 2.94. The van der Waals surface area contributed by atoms with Crippen LogP contribution in [0.1, 0.15) is 16.1 Å². The van der Waals surface area contributed by atoms with Crippen LogP contribution in [0.4, 0.5) is 13.2 Å². The highest BCUT2D eigenvalue weighted by Crippen LogP contribution is 2.30. The zero-order valence-corrected chi connectivity index (χ0v) is 12.3. The van der Waals surface area contributed by atoms with Crippen molar-refractivity contribution >= 4 is 32.8 Å². The van der Waals surface area contributed by atoms with Crippen molar-refractivity contribution in [1.82, 2.24) is 4.57 Å². The number of esters is 1. The molecule has 0 saturated carbocycles. The van der Waals surface area contributed by atoms with Crippen LogP contribution in [0.15, 0.2) is 22.7 Å². The predicted molar refractivity (Wildman–Crippen MR) is 71.8 cm³/mol. The summed E-state index contributed by atoms with van der Waals surface area (Å²) >= 11 is 3.22. The third-order valence-corrected chi connectivity index (χ3v) is 3.60. The van der Waals surface area contributed by atoms with Crippen LogP contribution in [0.3, 0.4) is 0 Å². The van der Waals surface area contributed by atoms with Gasteiger partial charge in [-0.15, -0.1) is 0 Å². The van der Waals surface area contributed by atoms with Gasteiger partial charge in [-0.25, -0.2) is 4.79 Å². The Bertz CT molecular complexity index is 676. The Morgan fingerprint density at radius 2 is 2.00 bits per heavy atom. The Balaban J connectivity index is 2.64. The first-order chi connectivity index (χ1) is 9.23. The van der Waals surface area contributed by atoms with Gasteiger partial charge in [0.15, 0.2) is 0 Å². The molecule has 0 fully saturated rings. The van der Waals surface area contributed by atoms with Crippen LogP contribution in [-0.2, 0) is 11.3 Å². The maximum absolute atomic E-state index is 12.6. The molecule has 0 bridgehead atoms. The minimum Gasteiger partial charge on any atom is -0.465 e. The Kier molecular flexibility index (Phi) is 3.82. The number of hydrogen-bond acceptors (Lipinski definition) is 2. The van der Waals surface area contributed by atoms with Gasteiger partial charge in [-0.05, 0) is 41.1 Å². The number of carbonyl (C=O) groups excluding carboxylic acids is 1. The topological polar surface area (TPSA) is 31.2 Å². The normalized spacial score (nSPS) is 11.9. The molecular formula is C13H11BrF3NO2. The molecule has 0 radical (unpaired) electrons. The van der Waals surface area contributed by atoms with E-state index in [4.69, 9.17) is 0 Å². The van der Waals surface area contributed by atoms with Gasteiger partial charge < -0.3 is 9.30 Å². The van der Waals surface area contributed by atoms with Gasteiger partial charge in [0.25, 0.3) is 0 Å². The van der Waals surface area contributed by atoms with E-state index in [1.165, 1.54) is 13.2 Å². The molecule has 0 aliphatic carbocycles. The van der Waals surface area contributed by atoms with Crippen molar-refractivity contribution in [2.75, 3.05) is 7.11 Å². The van der Waals surface area contributed by atoms with Crippen LogP contribution in [-0.4, -0.2) is 23.8 Å². The number of rotatable bonds is 2. The molecule has 20 heavy (non-hydrogen) atoms. The van der Waals surface area contributed by atoms with Gasteiger partial charge in [-0.1, -0.05) is 0 Å². The summed E-state index contributed by atoms with van der Waals surface area (Å²) in [4.78, 5) is 11.6. The first-order valence-electron chi connectivity index (χ1n) is 5.67. The highest BCUT2D eigenvalue weighted by Gasteiger charge is 2.29. The van der Waals surface area contributed by atoms with Crippen LogP contribution in [0.2, 0.25) is 0 Å². The van der Waals surface area contributed by atoms with Crippen LogP contribution >= 0.6 is 15.9 Å². The zero-order valence-electron chi connectivity index (χ0n) is 10.7. The van der Waals surface area contributed by atoms with Crippen LogP contribution < -0.4 is 0 Å². The molecule has 0 N–H and O–H groups in total. The summed E-state index contributed by atoms with van der Waals surface area (Å²) in [6.07, 6.45) is -4.32. The number of ether oxygens (including phenoxy) is 1. The van der Waals surface area contributed by atoms with E-state index in [2.05, 4.69) is 20.7 Å². The first kappa shape index (κ1) is 14.9. The van der Waals surface area contributed by atoms with Crippen molar-refractivity contribution in [1.29, 1.82) is 0 Å². The van der Waals surface area contributed by atoms with Crippen molar-refractivity contribution in [2.45, 2.75) is 19.6 Å². The predicted octanol–water partition coefficient (Wildman–Crippen LogP) is 4.06. The van der Waals surface area contributed by atoms with Crippen molar-refractivity contribution in [3.05, 3.63) is 33.9 Å². The molecule has 108 valence electrons. The van der Waals surface area contributed by atoms with Crippen molar-refractivity contribution in [3.63, 3.8) is 0 Å². The van der Waals surface area contributed by atoms with Gasteiger partial charge in [0, 0.05) is 21.1 Å². The fraction of sp³-hybridized carbons (Fsp3) is 0.308. The van der Waals surface area contributed by atoms with Crippen molar-refractivity contribution in [3.8, 4) is 0 Å². The van der Waals surface area contributed by atoms with Gasteiger partial charge in [-0.2, -0.15) is 13.2 Å². The van der Waals surface area contributed by atoms with Gasteiger partial charge in [0.1, 0.15) is 6.54 Å². The summed E-state index contributed by atoms with van der Waals surface area (Å²) in [5.74, 6) is -0.601. The summed E-state index contributed by atoms with van der Waals surface area (Å²) < 4.78 is 44.1. The number of benzene rings is 1. The molecule has 0 aliphatic rings. The largest absolute Gasteiger partial charge is 0.465 e. The summed E-state index contributed by atoms with van der Waals surface area (Å²) in [6, 6.07) is 4.67. The molecule has 0 unspecified atom stereocenters.